The number of hydrogen-bond acceptors (Lipinski definition) is 7. The van der Waals surface area contributed by atoms with Gasteiger partial charge >= 0.3 is 6.18 Å². The van der Waals surface area contributed by atoms with E-state index in [1.54, 1.807) is 13.0 Å². The van der Waals surface area contributed by atoms with Crippen LogP contribution < -0.4 is 21.1 Å². The number of nitrogens with two attached hydrogens (primary N) is 1. The van der Waals surface area contributed by atoms with Crippen LogP contribution in [-0.2, 0) is 6.18 Å². The van der Waals surface area contributed by atoms with E-state index in [1.165, 1.54) is 19.2 Å². The van der Waals surface area contributed by atoms with Crippen molar-refractivity contribution >= 4 is 16.8 Å². The number of amides is 1. The number of rotatable bonds is 5. The average molecular weight is 449 g/mol. The SMILES string of the molecule is COc1ccc(-c2nc(C(=O)NC3CCNC3)c([C@H](C)N)o2)c2ccc(C(F)(F)F)nc12. The summed E-state index contributed by atoms with van der Waals surface area (Å²) < 4.78 is 50.6. The quantitative estimate of drug-likeness (QED) is 0.548. The number of aromatic nitrogens is 2. The molecule has 1 aromatic carbocycles. The summed E-state index contributed by atoms with van der Waals surface area (Å²) in [5, 5.41) is 6.39. The van der Waals surface area contributed by atoms with Crippen molar-refractivity contribution in [1.82, 2.24) is 20.6 Å². The smallest absolute Gasteiger partial charge is 0.433 e. The molecule has 11 heteroatoms. The Morgan fingerprint density at radius 3 is 2.72 bits per heavy atom. The van der Waals surface area contributed by atoms with Crippen molar-refractivity contribution in [3.05, 3.63) is 41.4 Å². The van der Waals surface area contributed by atoms with Gasteiger partial charge in [-0.15, -0.1) is 0 Å². The maximum Gasteiger partial charge on any atom is 0.433 e. The molecule has 1 aliphatic heterocycles. The number of fused-ring (bicyclic) bond motifs is 1. The van der Waals surface area contributed by atoms with Crippen LogP contribution in [0.5, 0.6) is 5.75 Å². The van der Waals surface area contributed by atoms with E-state index in [9.17, 15) is 18.0 Å². The van der Waals surface area contributed by atoms with E-state index in [-0.39, 0.29) is 34.7 Å². The molecule has 2 aromatic heterocycles. The molecule has 0 radical (unpaired) electrons. The predicted octanol–water partition coefficient (Wildman–Crippen LogP) is 3.03. The van der Waals surface area contributed by atoms with Gasteiger partial charge in [0, 0.05) is 23.5 Å². The summed E-state index contributed by atoms with van der Waals surface area (Å²) >= 11 is 0. The maximum absolute atomic E-state index is 13.2. The molecule has 170 valence electrons. The maximum atomic E-state index is 13.2. The van der Waals surface area contributed by atoms with Crippen LogP contribution in [0.1, 0.15) is 41.3 Å². The summed E-state index contributed by atoms with van der Waals surface area (Å²) in [7, 11) is 1.34. The number of alkyl halides is 3. The highest BCUT2D eigenvalue weighted by atomic mass is 19.4. The highest BCUT2D eigenvalue weighted by molar-refractivity contribution is 5.98. The van der Waals surface area contributed by atoms with Crippen molar-refractivity contribution < 1.29 is 27.1 Å². The lowest BCUT2D eigenvalue weighted by atomic mass is 10.1. The predicted molar refractivity (Wildman–Crippen MR) is 110 cm³/mol. The lowest BCUT2D eigenvalue weighted by Gasteiger charge is -2.11. The van der Waals surface area contributed by atoms with Crippen molar-refractivity contribution in [3.63, 3.8) is 0 Å². The third-order valence-corrected chi connectivity index (χ3v) is 5.24. The monoisotopic (exact) mass is 449 g/mol. The Kier molecular flexibility index (Phi) is 5.78. The highest BCUT2D eigenvalue weighted by Gasteiger charge is 2.33. The largest absolute Gasteiger partial charge is 0.494 e. The number of hydrogen-bond donors (Lipinski definition) is 3. The van der Waals surface area contributed by atoms with E-state index in [4.69, 9.17) is 14.9 Å². The van der Waals surface area contributed by atoms with Gasteiger partial charge in [0.1, 0.15) is 17.0 Å². The molecule has 1 amide bonds. The summed E-state index contributed by atoms with van der Waals surface area (Å²) in [6.07, 6.45) is -3.82. The van der Waals surface area contributed by atoms with Crippen molar-refractivity contribution in [3.8, 4) is 17.2 Å². The van der Waals surface area contributed by atoms with Gasteiger partial charge in [-0.1, -0.05) is 0 Å². The standard InChI is InChI=1S/C21H22F3N5O3/c1-10(25)18-17(19(30)27-11-7-8-26-9-11)29-20(32-18)13-3-5-14(31-2)16-12(13)4-6-15(28-16)21(22,23)24/h3-6,10-11,26H,7-9,25H2,1-2H3,(H,27,30)/t10-,11?/m0/s1. The van der Waals surface area contributed by atoms with Crippen LogP contribution in [-0.4, -0.2) is 42.1 Å². The number of methoxy groups -OCH3 is 1. The lowest BCUT2D eigenvalue weighted by Crippen LogP contribution is -2.37. The summed E-state index contributed by atoms with van der Waals surface area (Å²) in [4.78, 5) is 20.9. The fourth-order valence-corrected chi connectivity index (χ4v) is 3.65. The van der Waals surface area contributed by atoms with E-state index in [0.717, 1.165) is 19.0 Å². The summed E-state index contributed by atoms with van der Waals surface area (Å²) in [6, 6.07) is 4.57. The zero-order valence-corrected chi connectivity index (χ0v) is 17.4. The van der Waals surface area contributed by atoms with Gasteiger partial charge in [-0.25, -0.2) is 9.97 Å². The van der Waals surface area contributed by atoms with E-state index in [1.807, 2.05) is 0 Å². The Bertz CT molecular complexity index is 1150. The van der Waals surface area contributed by atoms with Crippen LogP contribution in [0, 0.1) is 0 Å². The third-order valence-electron chi connectivity index (χ3n) is 5.24. The highest BCUT2D eigenvalue weighted by Crippen LogP contribution is 2.37. The molecule has 32 heavy (non-hydrogen) atoms. The summed E-state index contributed by atoms with van der Waals surface area (Å²) in [6.45, 7) is 3.11. The molecular weight excluding hydrogens is 427 g/mol. The first-order valence-electron chi connectivity index (χ1n) is 10.0. The van der Waals surface area contributed by atoms with E-state index in [0.29, 0.717) is 17.5 Å². The molecule has 0 bridgehead atoms. The van der Waals surface area contributed by atoms with E-state index >= 15 is 0 Å². The van der Waals surface area contributed by atoms with Crippen LogP contribution in [0.3, 0.4) is 0 Å². The number of pyridine rings is 1. The van der Waals surface area contributed by atoms with Crippen LogP contribution >= 0.6 is 0 Å². The van der Waals surface area contributed by atoms with E-state index in [2.05, 4.69) is 20.6 Å². The number of ether oxygens (including phenoxy) is 1. The Balaban J connectivity index is 1.80. The van der Waals surface area contributed by atoms with Crippen LogP contribution in [0.15, 0.2) is 28.7 Å². The molecule has 0 spiro atoms. The van der Waals surface area contributed by atoms with Gasteiger partial charge in [0.15, 0.2) is 11.5 Å². The van der Waals surface area contributed by atoms with Gasteiger partial charge in [-0.2, -0.15) is 13.2 Å². The fraction of sp³-hybridized carbons (Fsp3) is 0.381. The van der Waals surface area contributed by atoms with Gasteiger partial charge in [0.05, 0.1) is 13.2 Å². The second-order valence-corrected chi connectivity index (χ2v) is 7.59. The van der Waals surface area contributed by atoms with Crippen molar-refractivity contribution in [2.24, 2.45) is 5.73 Å². The minimum Gasteiger partial charge on any atom is -0.494 e. The molecule has 0 aliphatic carbocycles. The normalized spacial score (nSPS) is 17.5. The number of nitrogens with zero attached hydrogens (tertiary/aromatic N) is 2. The van der Waals surface area contributed by atoms with Gasteiger partial charge in [-0.3, -0.25) is 4.79 Å². The third kappa shape index (κ3) is 4.13. The number of halogens is 3. The van der Waals surface area contributed by atoms with Gasteiger partial charge in [0.2, 0.25) is 5.89 Å². The second-order valence-electron chi connectivity index (χ2n) is 7.59. The van der Waals surface area contributed by atoms with Gasteiger partial charge in [0.25, 0.3) is 5.91 Å². The van der Waals surface area contributed by atoms with Crippen molar-refractivity contribution in [1.29, 1.82) is 0 Å². The van der Waals surface area contributed by atoms with Crippen LogP contribution in [0.2, 0.25) is 0 Å². The van der Waals surface area contributed by atoms with Crippen molar-refractivity contribution in [2.45, 2.75) is 31.6 Å². The average Bonchev–Trinajstić information content (AvgIpc) is 3.42. The molecule has 1 fully saturated rings. The van der Waals surface area contributed by atoms with Crippen LogP contribution in [0.25, 0.3) is 22.4 Å². The van der Waals surface area contributed by atoms with Crippen LogP contribution in [0.4, 0.5) is 13.2 Å². The Hall–Kier alpha value is -3.18. The Morgan fingerprint density at radius 1 is 1.31 bits per heavy atom. The number of oxazole rings is 1. The zero-order valence-electron chi connectivity index (χ0n) is 17.4. The van der Waals surface area contributed by atoms with E-state index < -0.39 is 23.8 Å². The fourth-order valence-electron chi connectivity index (χ4n) is 3.65. The van der Waals surface area contributed by atoms with Gasteiger partial charge < -0.3 is 25.5 Å². The lowest BCUT2D eigenvalue weighted by molar-refractivity contribution is -0.140. The number of carbonyl (C=O) groups excluding carboxylic acids is 1. The number of nitrogens with one attached hydrogen (secondary N) is 2. The molecule has 8 nitrogen and oxygen atoms in total. The Morgan fingerprint density at radius 2 is 2.09 bits per heavy atom. The number of benzene rings is 1. The molecule has 3 aromatic rings. The minimum absolute atomic E-state index is 0.00315. The van der Waals surface area contributed by atoms with Gasteiger partial charge in [-0.05, 0) is 44.2 Å². The molecule has 4 rings (SSSR count). The molecular formula is C21H22F3N5O3. The summed E-state index contributed by atoms with van der Waals surface area (Å²) in [5.41, 5.74) is 5.36. The van der Waals surface area contributed by atoms with Crippen molar-refractivity contribution in [2.75, 3.05) is 20.2 Å². The molecule has 1 saturated heterocycles. The molecule has 2 atom stereocenters. The molecule has 4 N–H and O–H groups in total. The zero-order chi connectivity index (χ0) is 23.0. The molecule has 3 heterocycles. The Labute approximate surface area is 181 Å². The topological polar surface area (TPSA) is 115 Å². The summed E-state index contributed by atoms with van der Waals surface area (Å²) in [5.74, 6) is -0.00896. The molecule has 0 saturated carbocycles. The first kappa shape index (κ1) is 22.0. The number of carbonyl (C=O) groups is 1. The minimum atomic E-state index is -4.61. The molecule has 1 aliphatic rings. The second kappa shape index (κ2) is 8.40. The molecule has 1 unspecified atom stereocenters. The first-order valence-corrected chi connectivity index (χ1v) is 10.0. The first-order chi connectivity index (χ1) is 15.2.